The quantitative estimate of drug-likeness (QED) is 0.770. The number of benzene rings is 1. The summed E-state index contributed by atoms with van der Waals surface area (Å²) < 4.78 is 28.2. The van der Waals surface area contributed by atoms with Crippen LogP contribution in [0.3, 0.4) is 0 Å². The molecule has 1 rings (SSSR count). The summed E-state index contributed by atoms with van der Waals surface area (Å²) >= 11 is 0. The summed E-state index contributed by atoms with van der Waals surface area (Å²) in [5, 5.41) is 0. The van der Waals surface area contributed by atoms with Gasteiger partial charge in [-0.15, -0.1) is 0 Å². The highest BCUT2D eigenvalue weighted by Gasteiger charge is 2.14. The van der Waals surface area contributed by atoms with E-state index in [0.717, 1.165) is 5.56 Å². The van der Waals surface area contributed by atoms with Crippen molar-refractivity contribution >= 4 is 9.84 Å². The van der Waals surface area contributed by atoms with E-state index in [-0.39, 0.29) is 5.75 Å². The standard InChI is InChI=1S/C10H14O3S/c1-4-14(11,12)10-6-5-9(13-3)7-8(10)2/h5-7H,4H2,1-3H3. The lowest BCUT2D eigenvalue weighted by atomic mass is 10.2. The highest BCUT2D eigenvalue weighted by Crippen LogP contribution is 2.21. The van der Waals surface area contributed by atoms with Crippen LogP contribution < -0.4 is 4.74 Å². The minimum atomic E-state index is -3.11. The first-order valence-electron chi connectivity index (χ1n) is 4.38. The summed E-state index contributed by atoms with van der Waals surface area (Å²) in [6.07, 6.45) is 0. The number of aryl methyl sites for hydroxylation is 1. The van der Waals surface area contributed by atoms with Crippen molar-refractivity contribution in [2.24, 2.45) is 0 Å². The van der Waals surface area contributed by atoms with Gasteiger partial charge in [-0.1, -0.05) is 6.92 Å². The lowest BCUT2D eigenvalue weighted by molar-refractivity contribution is 0.414. The van der Waals surface area contributed by atoms with Crippen LogP contribution in [0.25, 0.3) is 0 Å². The van der Waals surface area contributed by atoms with E-state index < -0.39 is 9.84 Å². The van der Waals surface area contributed by atoms with Gasteiger partial charge in [0.25, 0.3) is 0 Å². The predicted molar refractivity (Wildman–Crippen MR) is 55.5 cm³/mol. The molecule has 0 aliphatic rings. The van der Waals surface area contributed by atoms with Crippen LogP contribution in [0.4, 0.5) is 0 Å². The molecule has 0 atom stereocenters. The first-order valence-corrected chi connectivity index (χ1v) is 6.04. The van der Waals surface area contributed by atoms with Crippen LogP contribution in [-0.4, -0.2) is 21.3 Å². The van der Waals surface area contributed by atoms with E-state index in [1.165, 1.54) is 0 Å². The zero-order chi connectivity index (χ0) is 10.8. The zero-order valence-electron chi connectivity index (χ0n) is 8.57. The second-order valence-corrected chi connectivity index (χ2v) is 5.28. The van der Waals surface area contributed by atoms with Gasteiger partial charge in [-0.3, -0.25) is 0 Å². The Hall–Kier alpha value is -1.03. The summed E-state index contributed by atoms with van der Waals surface area (Å²) in [6.45, 7) is 3.41. The molecular weight excluding hydrogens is 200 g/mol. The van der Waals surface area contributed by atoms with Gasteiger partial charge in [-0.05, 0) is 30.7 Å². The molecule has 0 radical (unpaired) electrons. The maximum Gasteiger partial charge on any atom is 0.178 e. The first kappa shape index (κ1) is 11.0. The van der Waals surface area contributed by atoms with Crippen molar-refractivity contribution < 1.29 is 13.2 Å². The highest BCUT2D eigenvalue weighted by molar-refractivity contribution is 7.91. The molecule has 0 fully saturated rings. The fourth-order valence-corrected chi connectivity index (χ4v) is 2.39. The van der Waals surface area contributed by atoms with Crippen LogP contribution in [0.15, 0.2) is 23.1 Å². The Labute approximate surface area is 84.6 Å². The molecule has 0 heterocycles. The van der Waals surface area contributed by atoms with Gasteiger partial charge in [0, 0.05) is 0 Å². The predicted octanol–water partition coefficient (Wildman–Crippen LogP) is 1.80. The molecule has 0 aliphatic heterocycles. The minimum absolute atomic E-state index is 0.125. The Morgan fingerprint density at radius 3 is 2.43 bits per heavy atom. The van der Waals surface area contributed by atoms with Gasteiger partial charge < -0.3 is 4.74 Å². The van der Waals surface area contributed by atoms with E-state index in [9.17, 15) is 8.42 Å². The Morgan fingerprint density at radius 2 is 2.00 bits per heavy atom. The van der Waals surface area contributed by atoms with E-state index in [0.29, 0.717) is 10.6 Å². The van der Waals surface area contributed by atoms with Crippen molar-refractivity contribution in [3.8, 4) is 5.75 Å². The van der Waals surface area contributed by atoms with Crippen LogP contribution in [0.2, 0.25) is 0 Å². The largest absolute Gasteiger partial charge is 0.497 e. The normalized spacial score (nSPS) is 11.4. The highest BCUT2D eigenvalue weighted by atomic mass is 32.2. The van der Waals surface area contributed by atoms with Crippen LogP contribution >= 0.6 is 0 Å². The van der Waals surface area contributed by atoms with Crippen molar-refractivity contribution in [3.63, 3.8) is 0 Å². The second kappa shape index (κ2) is 4.00. The van der Waals surface area contributed by atoms with E-state index in [1.807, 2.05) is 0 Å². The van der Waals surface area contributed by atoms with Gasteiger partial charge in [0.2, 0.25) is 0 Å². The fourth-order valence-electron chi connectivity index (χ4n) is 1.25. The van der Waals surface area contributed by atoms with Gasteiger partial charge in [-0.25, -0.2) is 8.42 Å². The topological polar surface area (TPSA) is 43.4 Å². The molecular formula is C10H14O3S. The molecule has 14 heavy (non-hydrogen) atoms. The molecule has 0 N–H and O–H groups in total. The molecule has 0 bridgehead atoms. The van der Waals surface area contributed by atoms with Crippen molar-refractivity contribution in [1.29, 1.82) is 0 Å². The van der Waals surface area contributed by atoms with Gasteiger partial charge in [0.15, 0.2) is 9.84 Å². The average molecular weight is 214 g/mol. The van der Waals surface area contributed by atoms with Crippen LogP contribution in [-0.2, 0) is 9.84 Å². The molecule has 4 heteroatoms. The average Bonchev–Trinajstić information content (AvgIpc) is 2.17. The van der Waals surface area contributed by atoms with Gasteiger partial charge in [0.05, 0.1) is 17.8 Å². The third kappa shape index (κ3) is 2.07. The lowest BCUT2D eigenvalue weighted by Crippen LogP contribution is -2.05. The van der Waals surface area contributed by atoms with E-state index in [4.69, 9.17) is 4.74 Å². The summed E-state index contributed by atoms with van der Waals surface area (Å²) in [5.74, 6) is 0.803. The van der Waals surface area contributed by atoms with Crippen LogP contribution in [0, 0.1) is 6.92 Å². The van der Waals surface area contributed by atoms with Gasteiger partial charge in [-0.2, -0.15) is 0 Å². The summed E-state index contributed by atoms with van der Waals surface area (Å²) in [6, 6.07) is 4.98. The molecule has 1 aromatic rings. The maximum atomic E-state index is 11.6. The zero-order valence-corrected chi connectivity index (χ0v) is 9.39. The van der Waals surface area contributed by atoms with E-state index >= 15 is 0 Å². The number of rotatable bonds is 3. The molecule has 0 spiro atoms. The number of sulfone groups is 1. The van der Waals surface area contributed by atoms with Crippen molar-refractivity contribution in [2.75, 3.05) is 12.9 Å². The Bertz CT molecular complexity index is 421. The van der Waals surface area contributed by atoms with Crippen molar-refractivity contribution in [2.45, 2.75) is 18.7 Å². The van der Waals surface area contributed by atoms with Crippen LogP contribution in [0.1, 0.15) is 12.5 Å². The van der Waals surface area contributed by atoms with Crippen LogP contribution in [0.5, 0.6) is 5.75 Å². The summed E-state index contributed by atoms with van der Waals surface area (Å²) in [7, 11) is -1.55. The molecule has 3 nitrogen and oxygen atoms in total. The van der Waals surface area contributed by atoms with Crippen molar-refractivity contribution in [1.82, 2.24) is 0 Å². The van der Waals surface area contributed by atoms with E-state index in [1.54, 1.807) is 39.2 Å². The lowest BCUT2D eigenvalue weighted by Gasteiger charge is -2.07. The Balaban J connectivity index is 3.26. The van der Waals surface area contributed by atoms with Gasteiger partial charge in [0.1, 0.15) is 5.75 Å². The fraction of sp³-hybridized carbons (Fsp3) is 0.400. The smallest absolute Gasteiger partial charge is 0.178 e. The molecule has 0 aromatic heterocycles. The van der Waals surface area contributed by atoms with Crippen molar-refractivity contribution in [3.05, 3.63) is 23.8 Å². The molecule has 0 saturated carbocycles. The molecule has 1 aromatic carbocycles. The number of hydrogen-bond donors (Lipinski definition) is 0. The SMILES string of the molecule is CCS(=O)(=O)c1ccc(OC)cc1C. The minimum Gasteiger partial charge on any atom is -0.497 e. The second-order valence-electron chi connectivity index (χ2n) is 3.03. The Kier molecular flexibility index (Phi) is 3.16. The number of methoxy groups -OCH3 is 1. The first-order chi connectivity index (χ1) is 6.51. The van der Waals surface area contributed by atoms with Gasteiger partial charge >= 0.3 is 0 Å². The maximum absolute atomic E-state index is 11.6. The molecule has 0 unspecified atom stereocenters. The monoisotopic (exact) mass is 214 g/mol. The number of hydrogen-bond acceptors (Lipinski definition) is 3. The third-order valence-electron chi connectivity index (χ3n) is 2.10. The van der Waals surface area contributed by atoms with E-state index in [2.05, 4.69) is 0 Å². The molecule has 0 saturated heterocycles. The summed E-state index contributed by atoms with van der Waals surface area (Å²) in [5.41, 5.74) is 0.728. The molecule has 0 amide bonds. The molecule has 0 aliphatic carbocycles. The number of ether oxygens (including phenoxy) is 1. The Morgan fingerprint density at radius 1 is 1.36 bits per heavy atom. The molecule has 78 valence electrons. The third-order valence-corrected chi connectivity index (χ3v) is 3.99. The summed E-state index contributed by atoms with van der Waals surface area (Å²) in [4.78, 5) is 0.390.